The van der Waals surface area contributed by atoms with Gasteiger partial charge in [0.05, 0.1) is 6.10 Å². The van der Waals surface area contributed by atoms with E-state index in [1.54, 1.807) is 6.92 Å². The van der Waals surface area contributed by atoms with Gasteiger partial charge in [-0.2, -0.15) is 6.92 Å². The second kappa shape index (κ2) is 10.8. The third-order valence-electron chi connectivity index (χ3n) is 3.21. The molecule has 20 heavy (non-hydrogen) atoms. The minimum atomic E-state index is -0.551. The minimum Gasteiger partial charge on any atom is -0.379 e. The molecular weight excluding hydrogens is 331 g/mol. The molecule has 1 amide bonds. The van der Waals surface area contributed by atoms with Crippen LogP contribution >= 0.6 is 0 Å². The Hall–Kier alpha value is 0.0739. The first-order chi connectivity index (χ1) is 8.70. The average molecular weight is 359 g/mol. The van der Waals surface area contributed by atoms with Crippen LogP contribution in [0.4, 0.5) is 0 Å². The molecular formula is C15H28NO3Y-. The number of rotatable bonds is 9. The summed E-state index contributed by atoms with van der Waals surface area (Å²) in [5.74, 6) is 0.769. The Morgan fingerprint density at radius 2 is 1.90 bits per heavy atom. The van der Waals surface area contributed by atoms with Gasteiger partial charge in [-0.25, -0.2) is 0 Å². The Labute approximate surface area is 148 Å². The maximum absolute atomic E-state index is 12.1. The molecule has 1 unspecified atom stereocenters. The molecule has 0 aliphatic heterocycles. The molecule has 0 aliphatic carbocycles. The van der Waals surface area contributed by atoms with Crippen molar-refractivity contribution in [2.24, 2.45) is 5.41 Å². The van der Waals surface area contributed by atoms with Gasteiger partial charge in [-0.05, 0) is 33.0 Å². The van der Waals surface area contributed by atoms with Crippen molar-refractivity contribution in [2.75, 3.05) is 13.2 Å². The van der Waals surface area contributed by atoms with Gasteiger partial charge < -0.3 is 20.8 Å². The summed E-state index contributed by atoms with van der Waals surface area (Å²) < 4.78 is 5.41. The van der Waals surface area contributed by atoms with E-state index in [4.69, 9.17) is 4.74 Å². The summed E-state index contributed by atoms with van der Waals surface area (Å²) in [6, 6.07) is 0. The van der Waals surface area contributed by atoms with Crippen molar-refractivity contribution in [3.63, 3.8) is 0 Å². The Morgan fingerprint density at radius 1 is 1.35 bits per heavy atom. The Balaban J connectivity index is 0. The topological polar surface area (TPSA) is 55.4 Å². The molecule has 0 heterocycles. The standard InChI is InChI=1S/C15H28NO3.Y/c1-7-19-12(3)8-9-16-14(18)15(5,6)10-11(2)13(4)17;/h12H,7-10H2,1-6H3,(H,16,18);/q-1;. The van der Waals surface area contributed by atoms with Gasteiger partial charge in [-0.1, -0.05) is 13.8 Å². The molecule has 1 N–H and O–H groups in total. The van der Waals surface area contributed by atoms with E-state index in [1.165, 1.54) is 6.92 Å². The van der Waals surface area contributed by atoms with Crippen LogP contribution in [0.2, 0.25) is 0 Å². The van der Waals surface area contributed by atoms with E-state index in [0.29, 0.717) is 19.6 Å². The zero-order valence-electron chi connectivity index (χ0n) is 13.7. The van der Waals surface area contributed by atoms with Crippen LogP contribution in [0.3, 0.4) is 0 Å². The van der Waals surface area contributed by atoms with Crippen molar-refractivity contribution < 1.29 is 47.0 Å². The van der Waals surface area contributed by atoms with E-state index in [0.717, 1.165) is 12.3 Å². The molecule has 1 radical (unpaired) electrons. The molecule has 5 heteroatoms. The van der Waals surface area contributed by atoms with Gasteiger partial charge in [-0.15, -0.1) is 6.42 Å². The summed E-state index contributed by atoms with van der Waals surface area (Å²) >= 11 is 0. The predicted octanol–water partition coefficient (Wildman–Crippen LogP) is 2.51. The average Bonchev–Trinajstić information content (AvgIpc) is 2.28. The number of ether oxygens (including phenoxy) is 1. The van der Waals surface area contributed by atoms with Crippen molar-refractivity contribution in [3.05, 3.63) is 5.92 Å². The molecule has 4 nitrogen and oxygen atoms in total. The van der Waals surface area contributed by atoms with Crippen molar-refractivity contribution in [2.45, 2.75) is 60.5 Å². The number of hydrogen-bond donors (Lipinski definition) is 1. The largest absolute Gasteiger partial charge is 0.379 e. The molecule has 0 fully saturated rings. The smallest absolute Gasteiger partial charge is 0.223 e. The number of carbonyl (C=O) groups excluding carboxylic acids is 2. The van der Waals surface area contributed by atoms with Crippen LogP contribution in [0.1, 0.15) is 54.4 Å². The van der Waals surface area contributed by atoms with Gasteiger partial charge in [0, 0.05) is 51.3 Å². The summed E-state index contributed by atoms with van der Waals surface area (Å²) in [7, 11) is 0. The van der Waals surface area contributed by atoms with E-state index >= 15 is 0 Å². The van der Waals surface area contributed by atoms with Crippen molar-refractivity contribution in [3.8, 4) is 0 Å². The quantitative estimate of drug-likeness (QED) is 0.644. The molecule has 1 atom stereocenters. The molecule has 115 valence electrons. The Morgan fingerprint density at radius 3 is 2.35 bits per heavy atom. The number of ketones is 1. The van der Waals surface area contributed by atoms with Crippen LogP contribution in [0.15, 0.2) is 0 Å². The van der Waals surface area contributed by atoms with Crippen LogP contribution in [-0.2, 0) is 47.0 Å². The van der Waals surface area contributed by atoms with Gasteiger partial charge in [0.1, 0.15) is 0 Å². The zero-order valence-corrected chi connectivity index (χ0v) is 16.5. The monoisotopic (exact) mass is 359 g/mol. The molecule has 0 saturated carbocycles. The second-order valence-electron chi connectivity index (χ2n) is 5.71. The number of Topliss-reactive ketones (excluding diaryl/α,β-unsaturated/α-hetero) is 1. The van der Waals surface area contributed by atoms with Gasteiger partial charge in [0.25, 0.3) is 0 Å². The van der Waals surface area contributed by atoms with Crippen molar-refractivity contribution in [1.82, 2.24) is 5.32 Å². The summed E-state index contributed by atoms with van der Waals surface area (Å²) in [6.07, 6.45) is 1.44. The number of hydrogen-bond acceptors (Lipinski definition) is 3. The molecule has 0 bridgehead atoms. The molecule has 0 rings (SSSR count). The summed E-state index contributed by atoms with van der Waals surface area (Å²) in [5, 5.41) is 2.91. The normalized spacial score (nSPS) is 12.3. The summed E-state index contributed by atoms with van der Waals surface area (Å²) in [6.45, 7) is 12.3. The van der Waals surface area contributed by atoms with Gasteiger partial charge in [-0.3, -0.25) is 4.79 Å². The molecule has 0 aromatic heterocycles. The van der Waals surface area contributed by atoms with Gasteiger partial charge in [0.15, 0.2) is 0 Å². The maximum Gasteiger partial charge on any atom is 0.223 e. The summed E-state index contributed by atoms with van der Waals surface area (Å²) in [4.78, 5) is 23.3. The predicted molar refractivity (Wildman–Crippen MR) is 76.7 cm³/mol. The number of carbonyl (C=O) groups is 2. The zero-order chi connectivity index (χ0) is 15.1. The van der Waals surface area contributed by atoms with Crippen LogP contribution in [0.25, 0.3) is 0 Å². The number of amides is 1. The van der Waals surface area contributed by atoms with Crippen molar-refractivity contribution in [1.29, 1.82) is 0 Å². The molecule has 0 spiro atoms. The molecule has 0 aromatic rings. The van der Waals surface area contributed by atoms with Crippen LogP contribution in [0, 0.1) is 11.3 Å². The van der Waals surface area contributed by atoms with Crippen LogP contribution < -0.4 is 5.32 Å². The van der Waals surface area contributed by atoms with Crippen molar-refractivity contribution >= 4 is 11.7 Å². The van der Waals surface area contributed by atoms with E-state index < -0.39 is 5.41 Å². The van der Waals surface area contributed by atoms with E-state index in [-0.39, 0.29) is 50.5 Å². The minimum absolute atomic E-state index is 0. The maximum atomic E-state index is 12.1. The SMILES string of the molecule is CCOC(C)CCNC(=O)C(C)(C)C[C-](C)C(C)=O.[Y]. The number of nitrogens with one attached hydrogen (secondary N) is 1. The fourth-order valence-electron chi connectivity index (χ4n) is 1.86. The first kappa shape index (κ1) is 22.4. The first-order valence-electron chi connectivity index (χ1n) is 6.94. The fraction of sp³-hybridized carbons (Fsp3) is 0.800. The Bertz CT molecular complexity index is 305. The van der Waals surface area contributed by atoms with Gasteiger partial charge in [0.2, 0.25) is 5.91 Å². The molecule has 0 saturated heterocycles. The van der Waals surface area contributed by atoms with Crippen LogP contribution in [0.5, 0.6) is 0 Å². The van der Waals surface area contributed by atoms with E-state index in [1.807, 2.05) is 27.7 Å². The van der Waals surface area contributed by atoms with Gasteiger partial charge >= 0.3 is 0 Å². The fourth-order valence-corrected chi connectivity index (χ4v) is 1.86. The summed E-state index contributed by atoms with van der Waals surface area (Å²) in [5.41, 5.74) is -0.551. The Kier molecular flexibility index (Phi) is 12.0. The second-order valence-corrected chi connectivity index (χ2v) is 5.71. The van der Waals surface area contributed by atoms with Crippen LogP contribution in [-0.4, -0.2) is 30.9 Å². The third kappa shape index (κ3) is 9.09. The van der Waals surface area contributed by atoms with E-state index in [2.05, 4.69) is 5.32 Å². The molecule has 0 aliphatic rings. The first-order valence-corrected chi connectivity index (χ1v) is 6.94. The molecule has 0 aromatic carbocycles. The van der Waals surface area contributed by atoms with E-state index in [9.17, 15) is 9.59 Å². The third-order valence-corrected chi connectivity index (χ3v) is 3.21.